The van der Waals surface area contributed by atoms with Crippen molar-refractivity contribution in [3.8, 4) is 0 Å². The highest BCUT2D eigenvalue weighted by Gasteiger charge is 2.09. The van der Waals surface area contributed by atoms with Crippen LogP contribution in [0.4, 0.5) is 11.5 Å². The molecule has 0 unspecified atom stereocenters. The van der Waals surface area contributed by atoms with Crippen molar-refractivity contribution in [2.45, 2.75) is 6.92 Å². The Morgan fingerprint density at radius 3 is 3.05 bits per heavy atom. The fourth-order valence-corrected chi connectivity index (χ4v) is 2.57. The van der Waals surface area contributed by atoms with Crippen LogP contribution in [0.25, 0.3) is 21.8 Å². The monoisotopic (exact) mass is 278 g/mol. The number of aromatic amines is 1. The van der Waals surface area contributed by atoms with Crippen molar-refractivity contribution in [1.82, 2.24) is 25.0 Å². The van der Waals surface area contributed by atoms with Gasteiger partial charge in [-0.3, -0.25) is 9.78 Å². The lowest BCUT2D eigenvalue weighted by atomic mass is 10.2. The number of hydrogen-bond donors (Lipinski definition) is 2. The molecule has 6 heteroatoms. The van der Waals surface area contributed by atoms with Crippen LogP contribution in [0.3, 0.4) is 0 Å². The Hall–Kier alpha value is -2.89. The Bertz CT molecular complexity index is 949. The number of hydrogen-bond acceptors (Lipinski definition) is 4. The maximum Gasteiger partial charge on any atom is 0.141 e. The van der Waals surface area contributed by atoms with Crippen LogP contribution in [0, 0.1) is 6.92 Å². The number of fused-ring (bicyclic) bond motifs is 2. The van der Waals surface area contributed by atoms with Crippen molar-refractivity contribution in [3.63, 3.8) is 0 Å². The van der Waals surface area contributed by atoms with Crippen LogP contribution in [-0.4, -0.2) is 25.0 Å². The van der Waals surface area contributed by atoms with Crippen molar-refractivity contribution in [2.24, 2.45) is 7.05 Å². The van der Waals surface area contributed by atoms with Crippen LogP contribution in [0.5, 0.6) is 0 Å². The number of aryl methyl sites for hydroxylation is 2. The smallest absolute Gasteiger partial charge is 0.141 e. The second-order valence-corrected chi connectivity index (χ2v) is 5.07. The molecule has 0 amide bonds. The highest BCUT2D eigenvalue weighted by Crippen LogP contribution is 2.27. The average Bonchev–Trinajstić information content (AvgIpc) is 3.04. The molecule has 0 saturated heterocycles. The van der Waals surface area contributed by atoms with E-state index < -0.39 is 0 Å². The molecule has 4 rings (SSSR count). The fraction of sp³-hybridized carbons (Fsp3) is 0.133. The Kier molecular flexibility index (Phi) is 2.44. The summed E-state index contributed by atoms with van der Waals surface area (Å²) in [6.45, 7) is 1.99. The lowest BCUT2D eigenvalue weighted by Crippen LogP contribution is -1.95. The molecule has 3 aromatic heterocycles. The summed E-state index contributed by atoms with van der Waals surface area (Å²) in [5.74, 6) is 0.806. The summed E-state index contributed by atoms with van der Waals surface area (Å²) in [4.78, 5) is 4.43. The molecule has 4 aromatic rings. The molecule has 21 heavy (non-hydrogen) atoms. The van der Waals surface area contributed by atoms with Crippen LogP contribution >= 0.6 is 0 Å². The predicted octanol–water partition coefficient (Wildman–Crippen LogP) is 2.90. The first-order valence-corrected chi connectivity index (χ1v) is 6.71. The molecule has 0 radical (unpaired) electrons. The second kappa shape index (κ2) is 4.31. The third kappa shape index (κ3) is 1.84. The van der Waals surface area contributed by atoms with Gasteiger partial charge in [0, 0.05) is 30.0 Å². The zero-order valence-corrected chi connectivity index (χ0v) is 11.8. The molecule has 1 aromatic carbocycles. The van der Waals surface area contributed by atoms with Gasteiger partial charge in [-0.2, -0.15) is 10.2 Å². The van der Waals surface area contributed by atoms with Crippen molar-refractivity contribution in [2.75, 3.05) is 5.32 Å². The van der Waals surface area contributed by atoms with Crippen LogP contribution in [-0.2, 0) is 7.05 Å². The number of pyridine rings is 1. The summed E-state index contributed by atoms with van der Waals surface area (Å²) >= 11 is 0. The third-order valence-corrected chi connectivity index (χ3v) is 3.66. The van der Waals surface area contributed by atoms with Crippen molar-refractivity contribution < 1.29 is 0 Å². The minimum absolute atomic E-state index is 0.806. The van der Waals surface area contributed by atoms with Gasteiger partial charge in [-0.05, 0) is 31.2 Å². The Morgan fingerprint density at radius 2 is 2.14 bits per heavy atom. The van der Waals surface area contributed by atoms with E-state index in [2.05, 4.69) is 31.7 Å². The molecule has 0 bridgehead atoms. The van der Waals surface area contributed by atoms with E-state index in [0.29, 0.717) is 0 Å². The summed E-state index contributed by atoms with van der Waals surface area (Å²) in [5.41, 5.74) is 3.97. The highest BCUT2D eigenvalue weighted by molar-refractivity contribution is 5.93. The molecule has 0 aliphatic heterocycles. The largest absolute Gasteiger partial charge is 0.340 e. The van der Waals surface area contributed by atoms with E-state index in [0.717, 1.165) is 39.0 Å². The maximum absolute atomic E-state index is 4.43. The van der Waals surface area contributed by atoms with Crippen LogP contribution < -0.4 is 5.32 Å². The topological polar surface area (TPSA) is 71.4 Å². The van der Waals surface area contributed by atoms with E-state index in [1.54, 1.807) is 6.20 Å². The SMILES string of the molecule is Cc1[nH]nc2ccnc(Nc3ccc4cnn(C)c4c3)c12. The molecule has 0 saturated carbocycles. The molecule has 2 N–H and O–H groups in total. The van der Waals surface area contributed by atoms with Gasteiger partial charge in [-0.1, -0.05) is 0 Å². The van der Waals surface area contributed by atoms with Gasteiger partial charge >= 0.3 is 0 Å². The van der Waals surface area contributed by atoms with E-state index in [4.69, 9.17) is 0 Å². The second-order valence-electron chi connectivity index (χ2n) is 5.07. The Morgan fingerprint density at radius 1 is 1.24 bits per heavy atom. The Balaban J connectivity index is 1.82. The van der Waals surface area contributed by atoms with Gasteiger partial charge in [-0.15, -0.1) is 0 Å². The van der Waals surface area contributed by atoms with Crippen molar-refractivity contribution in [3.05, 3.63) is 42.4 Å². The number of rotatable bonds is 2. The molecule has 0 fully saturated rings. The lowest BCUT2D eigenvalue weighted by molar-refractivity contribution is 0.797. The van der Waals surface area contributed by atoms with Crippen LogP contribution in [0.1, 0.15) is 5.69 Å². The number of anilines is 2. The molecule has 104 valence electrons. The Labute approximate surface area is 120 Å². The van der Waals surface area contributed by atoms with E-state index in [1.807, 2.05) is 43.0 Å². The molecule has 6 nitrogen and oxygen atoms in total. The van der Waals surface area contributed by atoms with E-state index in [1.165, 1.54) is 0 Å². The number of nitrogens with one attached hydrogen (secondary N) is 2. The van der Waals surface area contributed by atoms with Crippen LogP contribution in [0.2, 0.25) is 0 Å². The molecular weight excluding hydrogens is 264 g/mol. The molecular formula is C15H14N6. The lowest BCUT2D eigenvalue weighted by Gasteiger charge is -2.07. The zero-order chi connectivity index (χ0) is 14.4. The minimum atomic E-state index is 0.806. The molecule has 0 spiro atoms. The van der Waals surface area contributed by atoms with Gasteiger partial charge in [0.05, 0.1) is 22.6 Å². The predicted molar refractivity (Wildman–Crippen MR) is 82.6 cm³/mol. The van der Waals surface area contributed by atoms with Crippen molar-refractivity contribution >= 4 is 33.3 Å². The van der Waals surface area contributed by atoms with E-state index >= 15 is 0 Å². The van der Waals surface area contributed by atoms with Gasteiger partial charge in [0.15, 0.2) is 0 Å². The maximum atomic E-state index is 4.43. The normalized spacial score (nSPS) is 11.3. The molecule has 0 atom stereocenters. The summed E-state index contributed by atoms with van der Waals surface area (Å²) in [6, 6.07) is 8.04. The molecule has 0 aliphatic rings. The number of nitrogens with zero attached hydrogens (tertiary/aromatic N) is 4. The van der Waals surface area contributed by atoms with Crippen molar-refractivity contribution in [1.29, 1.82) is 0 Å². The van der Waals surface area contributed by atoms with Gasteiger partial charge in [0.2, 0.25) is 0 Å². The average molecular weight is 278 g/mol. The number of aromatic nitrogens is 5. The fourth-order valence-electron chi connectivity index (χ4n) is 2.57. The van der Waals surface area contributed by atoms with Gasteiger partial charge in [0.1, 0.15) is 5.82 Å². The standard InChI is InChI=1S/C15H14N6/c1-9-14-12(20-19-9)5-6-16-15(14)18-11-4-3-10-8-17-21(2)13(10)7-11/h3-8H,1-2H3,(H,16,18)(H,19,20). The zero-order valence-electron chi connectivity index (χ0n) is 11.8. The number of benzene rings is 1. The van der Waals surface area contributed by atoms with Crippen LogP contribution in [0.15, 0.2) is 36.7 Å². The van der Waals surface area contributed by atoms with E-state index in [9.17, 15) is 0 Å². The minimum Gasteiger partial charge on any atom is -0.340 e. The first kappa shape index (κ1) is 11.9. The summed E-state index contributed by atoms with van der Waals surface area (Å²) < 4.78 is 1.86. The molecule has 3 heterocycles. The van der Waals surface area contributed by atoms with Gasteiger partial charge < -0.3 is 5.32 Å². The highest BCUT2D eigenvalue weighted by atomic mass is 15.2. The van der Waals surface area contributed by atoms with E-state index in [-0.39, 0.29) is 0 Å². The number of H-pyrrole nitrogens is 1. The van der Waals surface area contributed by atoms with Gasteiger partial charge in [0.25, 0.3) is 0 Å². The summed E-state index contributed by atoms with van der Waals surface area (Å²) in [6.07, 6.45) is 3.62. The quantitative estimate of drug-likeness (QED) is 0.591. The molecule has 0 aliphatic carbocycles. The van der Waals surface area contributed by atoms with Gasteiger partial charge in [-0.25, -0.2) is 4.98 Å². The first-order valence-electron chi connectivity index (χ1n) is 6.71. The summed E-state index contributed by atoms with van der Waals surface area (Å²) in [5, 5.41) is 17.0. The summed E-state index contributed by atoms with van der Waals surface area (Å²) in [7, 11) is 1.94. The first-order chi connectivity index (χ1) is 10.2. The third-order valence-electron chi connectivity index (χ3n) is 3.66.